The molecule has 0 amide bonds. The van der Waals surface area contributed by atoms with Gasteiger partial charge in [-0.25, -0.2) is 0 Å². The van der Waals surface area contributed by atoms with Crippen LogP contribution in [-0.4, -0.2) is 14.2 Å². The van der Waals surface area contributed by atoms with Gasteiger partial charge in [0.1, 0.15) is 11.5 Å². The second-order valence-corrected chi connectivity index (χ2v) is 5.66. The Balaban J connectivity index is 2.97. The van der Waals surface area contributed by atoms with Gasteiger partial charge in [-0.3, -0.25) is 0 Å². The smallest absolute Gasteiger partial charge is 0.133 e. The Morgan fingerprint density at radius 1 is 1.11 bits per heavy atom. The van der Waals surface area contributed by atoms with Gasteiger partial charge in [0.2, 0.25) is 0 Å². The van der Waals surface area contributed by atoms with Gasteiger partial charge in [-0.15, -0.1) is 0 Å². The summed E-state index contributed by atoms with van der Waals surface area (Å²) >= 11 is 3.45. The predicted molar refractivity (Wildman–Crippen MR) is 78.2 cm³/mol. The fraction of sp³-hybridized carbons (Fsp3) is 0.571. The van der Waals surface area contributed by atoms with Crippen LogP contribution in [0.5, 0.6) is 11.5 Å². The molecule has 1 rings (SSSR count). The largest absolute Gasteiger partial charge is 0.496 e. The third-order valence-corrected chi connectivity index (χ3v) is 3.58. The lowest BCUT2D eigenvalue weighted by Gasteiger charge is -2.18. The van der Waals surface area contributed by atoms with Crippen LogP contribution >= 0.6 is 15.9 Å². The average molecular weight is 316 g/mol. The molecule has 0 heterocycles. The van der Waals surface area contributed by atoms with Crippen LogP contribution in [0.3, 0.4) is 0 Å². The molecule has 0 fully saturated rings. The summed E-state index contributed by atoms with van der Waals surface area (Å²) in [5.41, 5.74) is 7.24. The molecular weight excluding hydrogens is 294 g/mol. The fourth-order valence-corrected chi connectivity index (χ4v) is 2.33. The lowest BCUT2D eigenvalue weighted by atomic mass is 9.97. The summed E-state index contributed by atoms with van der Waals surface area (Å²) in [5.74, 6) is 2.24. The van der Waals surface area contributed by atoms with Crippen molar-refractivity contribution in [3.05, 3.63) is 22.2 Å². The van der Waals surface area contributed by atoms with Crippen LogP contribution in [0, 0.1) is 5.92 Å². The van der Waals surface area contributed by atoms with E-state index in [1.54, 1.807) is 14.2 Å². The minimum absolute atomic E-state index is 0.0238. The Morgan fingerprint density at radius 2 is 1.72 bits per heavy atom. The second kappa shape index (κ2) is 7.00. The summed E-state index contributed by atoms with van der Waals surface area (Å²) in [6.07, 6.45) is 2.04. The molecular formula is C14H22BrNO2. The summed E-state index contributed by atoms with van der Waals surface area (Å²) in [7, 11) is 3.31. The summed E-state index contributed by atoms with van der Waals surface area (Å²) in [5, 5.41) is 0. The maximum atomic E-state index is 6.24. The van der Waals surface area contributed by atoms with E-state index in [1.165, 1.54) is 0 Å². The Morgan fingerprint density at radius 3 is 2.22 bits per heavy atom. The number of ether oxygens (including phenoxy) is 2. The highest BCUT2D eigenvalue weighted by atomic mass is 79.9. The molecule has 0 unspecified atom stereocenters. The van der Waals surface area contributed by atoms with Crippen molar-refractivity contribution in [3.63, 3.8) is 0 Å². The molecule has 0 aliphatic heterocycles. The standard InChI is InChI=1S/C14H22BrNO2/c1-9(2)5-6-12(16)10-7-14(18-4)11(15)8-13(10)17-3/h7-9,12H,5-6,16H2,1-4H3/t12-/m0/s1. The SMILES string of the molecule is COc1cc([C@@H](N)CCC(C)C)c(OC)cc1Br. The van der Waals surface area contributed by atoms with Gasteiger partial charge in [-0.1, -0.05) is 13.8 Å². The summed E-state index contributed by atoms with van der Waals surface area (Å²) < 4.78 is 11.6. The first-order valence-electron chi connectivity index (χ1n) is 6.16. The Hall–Kier alpha value is -0.740. The lowest BCUT2D eigenvalue weighted by molar-refractivity contribution is 0.389. The quantitative estimate of drug-likeness (QED) is 0.865. The number of halogens is 1. The van der Waals surface area contributed by atoms with Gasteiger partial charge >= 0.3 is 0 Å². The van der Waals surface area contributed by atoms with Crippen molar-refractivity contribution in [2.75, 3.05) is 14.2 Å². The zero-order valence-electron chi connectivity index (χ0n) is 11.5. The van der Waals surface area contributed by atoms with Crippen molar-refractivity contribution in [1.29, 1.82) is 0 Å². The van der Waals surface area contributed by atoms with Gasteiger partial charge in [0.05, 0.1) is 18.7 Å². The number of benzene rings is 1. The van der Waals surface area contributed by atoms with Crippen LogP contribution in [-0.2, 0) is 0 Å². The second-order valence-electron chi connectivity index (χ2n) is 4.81. The Kier molecular flexibility index (Phi) is 5.96. The molecule has 102 valence electrons. The van der Waals surface area contributed by atoms with Crippen LogP contribution in [0.1, 0.15) is 38.3 Å². The first-order chi connectivity index (χ1) is 8.49. The van der Waals surface area contributed by atoms with Crippen molar-refractivity contribution in [1.82, 2.24) is 0 Å². The first kappa shape index (κ1) is 15.3. The molecule has 0 aliphatic carbocycles. The highest BCUT2D eigenvalue weighted by Crippen LogP contribution is 2.36. The van der Waals surface area contributed by atoms with Gasteiger partial charge in [-0.2, -0.15) is 0 Å². The molecule has 0 bridgehead atoms. The molecule has 1 atom stereocenters. The minimum Gasteiger partial charge on any atom is -0.496 e. The van der Waals surface area contributed by atoms with E-state index in [0.29, 0.717) is 5.92 Å². The van der Waals surface area contributed by atoms with Crippen LogP contribution in [0.2, 0.25) is 0 Å². The highest BCUT2D eigenvalue weighted by Gasteiger charge is 2.16. The van der Waals surface area contributed by atoms with E-state index in [2.05, 4.69) is 29.8 Å². The van der Waals surface area contributed by atoms with Gasteiger partial charge < -0.3 is 15.2 Å². The topological polar surface area (TPSA) is 44.5 Å². The first-order valence-corrected chi connectivity index (χ1v) is 6.95. The Bertz CT molecular complexity index is 394. The lowest BCUT2D eigenvalue weighted by Crippen LogP contribution is -2.13. The summed E-state index contributed by atoms with van der Waals surface area (Å²) in [6, 6.07) is 3.83. The fourth-order valence-electron chi connectivity index (χ4n) is 1.84. The third-order valence-electron chi connectivity index (χ3n) is 2.96. The number of hydrogen-bond acceptors (Lipinski definition) is 3. The molecule has 0 aliphatic rings. The molecule has 0 saturated heterocycles. The van der Waals surface area contributed by atoms with E-state index in [9.17, 15) is 0 Å². The van der Waals surface area contributed by atoms with E-state index in [0.717, 1.165) is 34.4 Å². The summed E-state index contributed by atoms with van der Waals surface area (Å²) in [4.78, 5) is 0. The molecule has 1 aromatic carbocycles. The van der Waals surface area contributed by atoms with E-state index in [1.807, 2.05) is 12.1 Å². The molecule has 18 heavy (non-hydrogen) atoms. The van der Waals surface area contributed by atoms with E-state index in [-0.39, 0.29) is 6.04 Å². The molecule has 1 aromatic rings. The van der Waals surface area contributed by atoms with Crippen molar-refractivity contribution < 1.29 is 9.47 Å². The van der Waals surface area contributed by atoms with Crippen molar-refractivity contribution in [2.45, 2.75) is 32.7 Å². The monoisotopic (exact) mass is 315 g/mol. The van der Waals surface area contributed by atoms with Crippen LogP contribution < -0.4 is 15.2 Å². The zero-order chi connectivity index (χ0) is 13.7. The van der Waals surface area contributed by atoms with Gasteiger partial charge in [0.15, 0.2) is 0 Å². The van der Waals surface area contributed by atoms with E-state index < -0.39 is 0 Å². The maximum absolute atomic E-state index is 6.24. The highest BCUT2D eigenvalue weighted by molar-refractivity contribution is 9.10. The molecule has 4 heteroatoms. The predicted octanol–water partition coefficient (Wildman–Crippen LogP) is 3.90. The zero-order valence-corrected chi connectivity index (χ0v) is 13.1. The van der Waals surface area contributed by atoms with Crippen LogP contribution in [0.4, 0.5) is 0 Å². The third kappa shape index (κ3) is 3.89. The maximum Gasteiger partial charge on any atom is 0.133 e. The molecule has 0 aromatic heterocycles. The minimum atomic E-state index is -0.0238. The van der Waals surface area contributed by atoms with Crippen molar-refractivity contribution in [3.8, 4) is 11.5 Å². The Labute approximate surface area is 118 Å². The number of methoxy groups -OCH3 is 2. The molecule has 0 radical (unpaired) electrons. The number of rotatable bonds is 6. The van der Waals surface area contributed by atoms with Crippen LogP contribution in [0.25, 0.3) is 0 Å². The average Bonchev–Trinajstić information content (AvgIpc) is 2.35. The van der Waals surface area contributed by atoms with Crippen molar-refractivity contribution >= 4 is 15.9 Å². The van der Waals surface area contributed by atoms with Crippen LogP contribution in [0.15, 0.2) is 16.6 Å². The van der Waals surface area contributed by atoms with Crippen molar-refractivity contribution in [2.24, 2.45) is 11.7 Å². The number of nitrogens with two attached hydrogens (primary N) is 1. The molecule has 0 spiro atoms. The van der Waals surface area contributed by atoms with E-state index >= 15 is 0 Å². The van der Waals surface area contributed by atoms with E-state index in [4.69, 9.17) is 15.2 Å². The number of hydrogen-bond donors (Lipinski definition) is 1. The summed E-state index contributed by atoms with van der Waals surface area (Å²) in [6.45, 7) is 4.40. The van der Waals surface area contributed by atoms with Gasteiger partial charge in [0.25, 0.3) is 0 Å². The molecule has 0 saturated carbocycles. The van der Waals surface area contributed by atoms with Gasteiger partial charge in [0, 0.05) is 11.6 Å². The molecule has 3 nitrogen and oxygen atoms in total. The molecule has 2 N–H and O–H groups in total. The normalized spacial score (nSPS) is 12.6. The van der Waals surface area contributed by atoms with Gasteiger partial charge in [-0.05, 0) is 46.8 Å².